The average Bonchev–Trinajstić information content (AvgIpc) is 2.70. The highest BCUT2D eigenvalue weighted by Gasteiger charge is 2.10. The maximum Gasteiger partial charge on any atom is 0.0628 e. The van der Waals surface area contributed by atoms with Crippen molar-refractivity contribution in [2.24, 2.45) is 0 Å². The van der Waals surface area contributed by atoms with Crippen LogP contribution in [0.4, 0.5) is 0 Å². The molecule has 0 amide bonds. The minimum Gasteiger partial charge on any atom is -0.319 e. The number of hydrogen-bond donors (Lipinski definition) is 1. The van der Waals surface area contributed by atoms with E-state index in [0.717, 1.165) is 19.5 Å². The minimum absolute atomic E-state index is 1.03. The van der Waals surface area contributed by atoms with Crippen molar-refractivity contribution in [3.8, 4) is 0 Å². The fourth-order valence-corrected chi connectivity index (χ4v) is 2.78. The second kappa shape index (κ2) is 9.98. The standard InChI is InChI=1S/C17H33N3/c1-5-6-7-8-9-10-11-14-20-16(3)17(12-13-18-4)15(2)19-20/h18H,5-14H2,1-4H3. The first kappa shape index (κ1) is 17.2. The van der Waals surface area contributed by atoms with Gasteiger partial charge in [-0.2, -0.15) is 5.10 Å². The summed E-state index contributed by atoms with van der Waals surface area (Å²) in [5.41, 5.74) is 4.01. The molecule has 0 aliphatic heterocycles. The van der Waals surface area contributed by atoms with Crippen LogP contribution in [0, 0.1) is 13.8 Å². The molecular formula is C17H33N3. The van der Waals surface area contributed by atoms with Crippen LogP contribution < -0.4 is 5.32 Å². The molecule has 3 nitrogen and oxygen atoms in total. The fraction of sp³-hybridized carbons (Fsp3) is 0.824. The lowest BCUT2D eigenvalue weighted by atomic mass is 10.1. The molecule has 0 spiro atoms. The summed E-state index contributed by atoms with van der Waals surface area (Å²) in [4.78, 5) is 0. The van der Waals surface area contributed by atoms with Crippen LogP contribution in [0.2, 0.25) is 0 Å². The van der Waals surface area contributed by atoms with Gasteiger partial charge in [-0.05, 0) is 45.8 Å². The van der Waals surface area contributed by atoms with Crippen LogP contribution in [0.1, 0.15) is 68.8 Å². The molecule has 0 atom stereocenters. The zero-order valence-corrected chi connectivity index (χ0v) is 14.0. The summed E-state index contributed by atoms with van der Waals surface area (Å²) in [6.45, 7) is 8.74. The Morgan fingerprint density at radius 1 is 1.00 bits per heavy atom. The van der Waals surface area contributed by atoms with Gasteiger partial charge in [-0.1, -0.05) is 45.4 Å². The van der Waals surface area contributed by atoms with Gasteiger partial charge in [0.25, 0.3) is 0 Å². The molecule has 1 aromatic heterocycles. The van der Waals surface area contributed by atoms with E-state index in [0.29, 0.717) is 0 Å². The Labute approximate surface area is 125 Å². The summed E-state index contributed by atoms with van der Waals surface area (Å²) in [7, 11) is 2.01. The van der Waals surface area contributed by atoms with Gasteiger partial charge in [-0.15, -0.1) is 0 Å². The molecule has 0 aromatic carbocycles. The van der Waals surface area contributed by atoms with Crippen LogP contribution in [0.3, 0.4) is 0 Å². The quantitative estimate of drug-likeness (QED) is 0.620. The largest absolute Gasteiger partial charge is 0.319 e. The number of aromatic nitrogens is 2. The summed E-state index contributed by atoms with van der Waals surface area (Å²) in [6, 6.07) is 0. The Hall–Kier alpha value is -0.830. The minimum atomic E-state index is 1.03. The van der Waals surface area contributed by atoms with E-state index in [2.05, 4.69) is 30.8 Å². The number of rotatable bonds is 11. The first-order chi connectivity index (χ1) is 9.70. The molecule has 1 N–H and O–H groups in total. The van der Waals surface area contributed by atoms with Gasteiger partial charge in [0.05, 0.1) is 5.69 Å². The molecule has 1 heterocycles. The molecule has 0 unspecified atom stereocenters. The third-order valence-electron chi connectivity index (χ3n) is 4.13. The molecule has 0 aliphatic rings. The first-order valence-electron chi connectivity index (χ1n) is 8.38. The molecular weight excluding hydrogens is 246 g/mol. The Morgan fingerprint density at radius 2 is 1.65 bits per heavy atom. The monoisotopic (exact) mass is 279 g/mol. The van der Waals surface area contributed by atoms with Crippen LogP contribution in [-0.2, 0) is 13.0 Å². The van der Waals surface area contributed by atoms with Gasteiger partial charge in [0, 0.05) is 12.2 Å². The maximum absolute atomic E-state index is 4.70. The zero-order chi connectivity index (χ0) is 14.8. The molecule has 0 aliphatic carbocycles. The summed E-state index contributed by atoms with van der Waals surface area (Å²) in [6.07, 6.45) is 10.6. The van der Waals surface area contributed by atoms with Crippen LogP contribution in [0.5, 0.6) is 0 Å². The van der Waals surface area contributed by atoms with Gasteiger partial charge in [-0.3, -0.25) is 4.68 Å². The number of nitrogens with zero attached hydrogens (tertiary/aromatic N) is 2. The van der Waals surface area contributed by atoms with Crippen molar-refractivity contribution < 1.29 is 0 Å². The number of unbranched alkanes of at least 4 members (excludes halogenated alkanes) is 6. The van der Waals surface area contributed by atoms with Crippen LogP contribution >= 0.6 is 0 Å². The van der Waals surface area contributed by atoms with E-state index in [1.54, 1.807) is 0 Å². The zero-order valence-electron chi connectivity index (χ0n) is 14.0. The molecule has 0 bridgehead atoms. The van der Waals surface area contributed by atoms with Crippen molar-refractivity contribution in [1.29, 1.82) is 0 Å². The molecule has 0 radical (unpaired) electrons. The van der Waals surface area contributed by atoms with E-state index in [1.807, 2.05) is 7.05 Å². The predicted molar refractivity (Wildman–Crippen MR) is 87.3 cm³/mol. The fourth-order valence-electron chi connectivity index (χ4n) is 2.78. The Kier molecular flexibility index (Phi) is 8.59. The predicted octanol–water partition coefficient (Wildman–Crippen LogP) is 4.01. The third kappa shape index (κ3) is 5.66. The van der Waals surface area contributed by atoms with Gasteiger partial charge >= 0.3 is 0 Å². The lowest BCUT2D eigenvalue weighted by Gasteiger charge is -2.06. The number of hydrogen-bond acceptors (Lipinski definition) is 2. The molecule has 0 saturated heterocycles. The molecule has 20 heavy (non-hydrogen) atoms. The van der Waals surface area contributed by atoms with E-state index < -0.39 is 0 Å². The summed E-state index contributed by atoms with van der Waals surface area (Å²) in [5, 5.41) is 7.92. The third-order valence-corrected chi connectivity index (χ3v) is 4.13. The van der Waals surface area contributed by atoms with E-state index in [9.17, 15) is 0 Å². The Bertz CT molecular complexity index is 369. The molecule has 0 fully saturated rings. The smallest absolute Gasteiger partial charge is 0.0628 e. The second-order valence-corrected chi connectivity index (χ2v) is 5.85. The molecule has 0 saturated carbocycles. The van der Waals surface area contributed by atoms with E-state index in [-0.39, 0.29) is 0 Å². The van der Waals surface area contributed by atoms with Crippen LogP contribution in [0.25, 0.3) is 0 Å². The molecule has 1 aromatic rings. The lowest BCUT2D eigenvalue weighted by molar-refractivity contribution is 0.514. The van der Waals surface area contributed by atoms with Crippen molar-refractivity contribution in [2.45, 2.75) is 78.7 Å². The summed E-state index contributed by atoms with van der Waals surface area (Å²) in [5.74, 6) is 0. The first-order valence-corrected chi connectivity index (χ1v) is 8.38. The van der Waals surface area contributed by atoms with Gasteiger partial charge in [0.2, 0.25) is 0 Å². The van der Waals surface area contributed by atoms with Gasteiger partial charge in [-0.25, -0.2) is 0 Å². The van der Waals surface area contributed by atoms with Crippen molar-refractivity contribution in [1.82, 2.24) is 15.1 Å². The average molecular weight is 279 g/mol. The summed E-state index contributed by atoms with van der Waals surface area (Å²) < 4.78 is 2.21. The maximum atomic E-state index is 4.70. The highest BCUT2D eigenvalue weighted by atomic mass is 15.3. The van der Waals surface area contributed by atoms with E-state index >= 15 is 0 Å². The lowest BCUT2D eigenvalue weighted by Crippen LogP contribution is -2.11. The molecule has 116 valence electrons. The number of nitrogens with one attached hydrogen (secondary N) is 1. The van der Waals surface area contributed by atoms with Crippen molar-refractivity contribution in [3.63, 3.8) is 0 Å². The highest BCUT2D eigenvalue weighted by molar-refractivity contribution is 5.24. The Morgan fingerprint density at radius 3 is 2.30 bits per heavy atom. The van der Waals surface area contributed by atoms with Crippen LogP contribution in [0.15, 0.2) is 0 Å². The van der Waals surface area contributed by atoms with Gasteiger partial charge in [0.15, 0.2) is 0 Å². The van der Waals surface area contributed by atoms with Gasteiger partial charge < -0.3 is 5.32 Å². The SMILES string of the molecule is CCCCCCCCCn1nc(C)c(CCNC)c1C. The Balaban J connectivity index is 2.30. The van der Waals surface area contributed by atoms with Crippen molar-refractivity contribution in [2.75, 3.05) is 13.6 Å². The van der Waals surface area contributed by atoms with Crippen LogP contribution in [-0.4, -0.2) is 23.4 Å². The van der Waals surface area contributed by atoms with E-state index in [4.69, 9.17) is 5.10 Å². The normalized spacial score (nSPS) is 11.2. The van der Waals surface area contributed by atoms with Crippen molar-refractivity contribution >= 4 is 0 Å². The number of likely N-dealkylation sites (N-methyl/N-ethyl adjacent to an activating group) is 1. The molecule has 1 rings (SSSR count). The second-order valence-electron chi connectivity index (χ2n) is 5.85. The topological polar surface area (TPSA) is 29.9 Å². The number of aryl methyl sites for hydroxylation is 2. The summed E-state index contributed by atoms with van der Waals surface area (Å²) >= 11 is 0. The van der Waals surface area contributed by atoms with Gasteiger partial charge in [0.1, 0.15) is 0 Å². The van der Waals surface area contributed by atoms with Crippen molar-refractivity contribution in [3.05, 3.63) is 17.0 Å². The highest BCUT2D eigenvalue weighted by Crippen LogP contribution is 2.15. The van der Waals surface area contributed by atoms with E-state index in [1.165, 1.54) is 61.9 Å². The molecule has 3 heteroatoms.